The number of piperazine rings is 1. The number of fused-ring (bicyclic) bond motifs is 1. The second kappa shape index (κ2) is 11.9. The van der Waals surface area contributed by atoms with Crippen molar-refractivity contribution >= 4 is 53.5 Å². The highest BCUT2D eigenvalue weighted by atomic mass is 35.5. The largest absolute Gasteiger partial charge is 0.495 e. The van der Waals surface area contributed by atoms with Crippen LogP contribution in [0.2, 0.25) is 10.0 Å². The fourth-order valence-corrected chi connectivity index (χ4v) is 4.57. The molecule has 8 nitrogen and oxygen atoms in total. The molecule has 186 valence electrons. The predicted molar refractivity (Wildman–Crippen MR) is 143 cm³/mol. The van der Waals surface area contributed by atoms with Crippen molar-refractivity contribution in [3.8, 4) is 23.3 Å². The molecule has 1 N–H and O–H groups in total. The summed E-state index contributed by atoms with van der Waals surface area (Å²) in [4.78, 5) is 8.69. The Hall–Kier alpha value is -2.90. The highest BCUT2D eigenvalue weighted by Crippen LogP contribution is 2.40. The Bertz CT molecular complexity index is 1280. The van der Waals surface area contributed by atoms with E-state index in [2.05, 4.69) is 21.3 Å². The molecule has 3 aromatic rings. The van der Waals surface area contributed by atoms with Crippen LogP contribution < -0.4 is 19.5 Å². The average Bonchev–Trinajstić information content (AvgIpc) is 2.88. The third kappa shape index (κ3) is 5.90. The number of nitrogens with one attached hydrogen (secondary N) is 1. The van der Waals surface area contributed by atoms with Crippen molar-refractivity contribution in [1.29, 1.82) is 5.26 Å². The molecule has 0 bridgehead atoms. The maximum absolute atomic E-state index is 9.74. The van der Waals surface area contributed by atoms with Crippen molar-refractivity contribution in [2.45, 2.75) is 6.42 Å². The lowest BCUT2D eigenvalue weighted by molar-refractivity contribution is 0.176. The lowest BCUT2D eigenvalue weighted by Gasteiger charge is -2.32. The Balaban J connectivity index is 1.57. The highest BCUT2D eigenvalue weighted by molar-refractivity contribution is 6.37. The standard InChI is InChI=1S/C25H26BCl2N5O3/c1-34-22-13-21(18(27)11-19(22)28)31-25-16(14-29)15-30-20-12-24(23(35-2)10-17(20)25)36-9-3-4-32-5-7-33(26)8-6-32/h10-13,15H,3-9H2,1-2H3,(H,30,31). The zero-order valence-electron chi connectivity index (χ0n) is 20.2. The minimum atomic E-state index is 0.348. The normalized spacial score (nSPS) is 14.4. The minimum absolute atomic E-state index is 0.348. The smallest absolute Gasteiger partial charge is 0.182 e. The molecule has 1 saturated heterocycles. The summed E-state index contributed by atoms with van der Waals surface area (Å²) in [5, 5.41) is 14.4. The fraction of sp³-hybridized carbons (Fsp3) is 0.360. The lowest BCUT2D eigenvalue weighted by atomic mass is 10.1. The Labute approximate surface area is 222 Å². The summed E-state index contributed by atoms with van der Waals surface area (Å²) in [5.74, 6) is 1.59. The average molecular weight is 526 g/mol. The quantitative estimate of drug-likeness (QED) is 0.319. The first-order chi connectivity index (χ1) is 17.4. The number of ether oxygens (including phenoxy) is 3. The first-order valence-electron chi connectivity index (χ1n) is 11.5. The van der Waals surface area contributed by atoms with E-state index >= 15 is 0 Å². The monoisotopic (exact) mass is 525 g/mol. The predicted octanol–water partition coefficient (Wildman–Crippen LogP) is 4.64. The van der Waals surface area contributed by atoms with E-state index in [1.165, 1.54) is 13.3 Å². The number of halogens is 2. The zero-order chi connectivity index (χ0) is 25.7. The van der Waals surface area contributed by atoms with Crippen LogP contribution in [0.3, 0.4) is 0 Å². The van der Waals surface area contributed by atoms with Crippen LogP contribution in [-0.4, -0.2) is 76.2 Å². The molecule has 0 spiro atoms. The highest BCUT2D eigenvalue weighted by Gasteiger charge is 2.17. The molecule has 2 aromatic carbocycles. The van der Waals surface area contributed by atoms with Crippen molar-refractivity contribution in [2.24, 2.45) is 0 Å². The molecule has 0 atom stereocenters. The van der Waals surface area contributed by atoms with Crippen molar-refractivity contribution in [1.82, 2.24) is 14.7 Å². The van der Waals surface area contributed by atoms with E-state index in [4.69, 9.17) is 45.4 Å². The molecule has 1 fully saturated rings. The van der Waals surface area contributed by atoms with Crippen molar-refractivity contribution in [2.75, 3.05) is 58.9 Å². The van der Waals surface area contributed by atoms with E-state index in [9.17, 15) is 5.26 Å². The van der Waals surface area contributed by atoms with E-state index in [0.717, 1.165) is 39.1 Å². The third-order valence-electron chi connectivity index (χ3n) is 6.06. The Morgan fingerprint density at radius 3 is 2.47 bits per heavy atom. The molecule has 2 radical (unpaired) electrons. The van der Waals surface area contributed by atoms with Crippen molar-refractivity contribution < 1.29 is 14.2 Å². The number of nitriles is 1. The molecular formula is C25H26BCl2N5O3. The third-order valence-corrected chi connectivity index (χ3v) is 6.67. The molecule has 11 heteroatoms. The van der Waals surface area contributed by atoms with Gasteiger partial charge in [-0.05, 0) is 31.6 Å². The van der Waals surface area contributed by atoms with Crippen molar-refractivity contribution in [3.05, 3.63) is 46.1 Å². The van der Waals surface area contributed by atoms with Gasteiger partial charge in [0.1, 0.15) is 11.8 Å². The van der Waals surface area contributed by atoms with E-state index in [1.54, 1.807) is 19.2 Å². The second-order valence-electron chi connectivity index (χ2n) is 8.35. The SMILES string of the molecule is [B]N1CCN(CCCOc2cc3ncc(C#N)c(Nc4cc(OC)c(Cl)cc4Cl)c3cc2OC)CC1. The summed E-state index contributed by atoms with van der Waals surface area (Å²) in [6, 6.07) is 9.07. The van der Waals surface area contributed by atoms with Crippen LogP contribution >= 0.6 is 23.2 Å². The molecule has 0 aliphatic carbocycles. The van der Waals surface area contributed by atoms with Crippen LogP contribution in [0.5, 0.6) is 17.2 Å². The summed E-state index contributed by atoms with van der Waals surface area (Å²) in [5.41, 5.74) is 2.07. The van der Waals surface area contributed by atoms with E-state index in [1.807, 2.05) is 16.9 Å². The number of hydrogen-bond acceptors (Lipinski definition) is 8. The number of rotatable bonds is 9. The second-order valence-corrected chi connectivity index (χ2v) is 9.16. The van der Waals surface area contributed by atoms with E-state index in [-0.39, 0.29) is 0 Å². The molecule has 0 amide bonds. The lowest BCUT2D eigenvalue weighted by Crippen LogP contribution is -2.45. The molecular weight excluding hydrogens is 500 g/mol. The van der Waals surface area contributed by atoms with Gasteiger partial charge in [-0.3, -0.25) is 4.98 Å². The Kier molecular flexibility index (Phi) is 8.65. The number of anilines is 2. The zero-order valence-corrected chi connectivity index (χ0v) is 21.7. The maximum atomic E-state index is 9.74. The van der Waals surface area contributed by atoms with Gasteiger partial charge in [0.25, 0.3) is 0 Å². The van der Waals surface area contributed by atoms with E-state index in [0.29, 0.717) is 61.7 Å². The van der Waals surface area contributed by atoms with Gasteiger partial charge < -0.3 is 29.2 Å². The molecule has 4 rings (SSSR count). The summed E-state index contributed by atoms with van der Waals surface area (Å²) in [6.07, 6.45) is 2.38. The van der Waals surface area contributed by atoms with Crippen LogP contribution in [0.1, 0.15) is 12.0 Å². The van der Waals surface area contributed by atoms with Gasteiger partial charge in [0, 0.05) is 43.4 Å². The molecule has 1 aliphatic rings. The Morgan fingerprint density at radius 2 is 1.78 bits per heavy atom. The minimum Gasteiger partial charge on any atom is -0.495 e. The summed E-state index contributed by atoms with van der Waals surface area (Å²) in [7, 11) is 8.93. The number of pyridine rings is 1. The number of nitrogens with zero attached hydrogens (tertiary/aromatic N) is 4. The maximum Gasteiger partial charge on any atom is 0.182 e. The van der Waals surface area contributed by atoms with Gasteiger partial charge in [-0.2, -0.15) is 5.26 Å². The van der Waals surface area contributed by atoms with Gasteiger partial charge in [-0.1, -0.05) is 23.2 Å². The number of aromatic nitrogens is 1. The fourth-order valence-electron chi connectivity index (χ4n) is 4.06. The summed E-state index contributed by atoms with van der Waals surface area (Å²) in [6.45, 7) is 5.14. The molecule has 2 heterocycles. The first-order valence-corrected chi connectivity index (χ1v) is 12.2. The molecule has 1 aromatic heterocycles. The van der Waals surface area contributed by atoms with Gasteiger partial charge >= 0.3 is 0 Å². The Morgan fingerprint density at radius 1 is 1.03 bits per heavy atom. The van der Waals surface area contributed by atoms with Crippen molar-refractivity contribution in [3.63, 3.8) is 0 Å². The van der Waals surface area contributed by atoms with Crippen LogP contribution in [-0.2, 0) is 0 Å². The van der Waals surface area contributed by atoms with Crippen LogP contribution in [0.15, 0.2) is 30.5 Å². The number of hydrogen-bond donors (Lipinski definition) is 1. The summed E-state index contributed by atoms with van der Waals surface area (Å²) >= 11 is 12.6. The number of methoxy groups -OCH3 is 2. The molecule has 0 saturated carbocycles. The van der Waals surface area contributed by atoms with Gasteiger partial charge in [-0.15, -0.1) is 0 Å². The first kappa shape index (κ1) is 26.2. The molecule has 0 unspecified atom stereocenters. The van der Waals surface area contributed by atoms with Crippen LogP contribution in [0.4, 0.5) is 11.4 Å². The van der Waals surface area contributed by atoms with E-state index < -0.39 is 0 Å². The number of benzene rings is 2. The van der Waals surface area contributed by atoms with Crippen LogP contribution in [0.25, 0.3) is 10.9 Å². The molecule has 1 aliphatic heterocycles. The van der Waals surface area contributed by atoms with Crippen LogP contribution in [0, 0.1) is 11.3 Å². The van der Waals surface area contributed by atoms with Gasteiger partial charge in [0.2, 0.25) is 0 Å². The van der Waals surface area contributed by atoms with Gasteiger partial charge in [0.15, 0.2) is 19.5 Å². The topological polar surface area (TPSA) is 82.9 Å². The molecule has 36 heavy (non-hydrogen) atoms. The summed E-state index contributed by atoms with van der Waals surface area (Å²) < 4.78 is 17.0. The van der Waals surface area contributed by atoms with Gasteiger partial charge in [-0.25, -0.2) is 0 Å². The van der Waals surface area contributed by atoms with Gasteiger partial charge in [0.05, 0.1) is 53.3 Å².